The third-order valence-corrected chi connectivity index (χ3v) is 5.54. The minimum Gasteiger partial charge on any atom is -0.481 e. The van der Waals surface area contributed by atoms with Gasteiger partial charge < -0.3 is 9.84 Å². The zero-order valence-corrected chi connectivity index (χ0v) is 16.4. The van der Waals surface area contributed by atoms with Crippen molar-refractivity contribution in [3.8, 4) is 5.75 Å². The van der Waals surface area contributed by atoms with E-state index in [0.717, 1.165) is 29.8 Å². The van der Waals surface area contributed by atoms with E-state index in [2.05, 4.69) is 9.46 Å². The maximum Gasteiger partial charge on any atom is 0.573 e. The first kappa shape index (κ1) is 22.7. The number of aliphatic carboxylic acids is 1. The highest BCUT2D eigenvalue weighted by Gasteiger charge is 2.31. The van der Waals surface area contributed by atoms with Gasteiger partial charge in [-0.3, -0.25) is 4.79 Å². The lowest BCUT2D eigenvalue weighted by Crippen LogP contribution is -2.30. The van der Waals surface area contributed by atoms with Crippen LogP contribution in [0.25, 0.3) is 0 Å². The Morgan fingerprint density at radius 2 is 1.55 bits per heavy atom. The van der Waals surface area contributed by atoms with Gasteiger partial charge >= 0.3 is 12.3 Å². The van der Waals surface area contributed by atoms with Crippen molar-refractivity contribution in [3.05, 3.63) is 59.7 Å². The number of sulfonamides is 1. The molecule has 0 fully saturated rings. The number of carboxylic acids is 1. The molecule has 0 aliphatic rings. The Kier molecular flexibility index (Phi) is 6.91. The van der Waals surface area contributed by atoms with Crippen LogP contribution in [-0.4, -0.2) is 25.9 Å². The molecular formula is C19H20F3NO5S. The number of halogens is 3. The Morgan fingerprint density at radius 1 is 1.03 bits per heavy atom. The average molecular weight is 431 g/mol. The Hall–Kier alpha value is -2.59. The topological polar surface area (TPSA) is 92.7 Å². The molecule has 2 N–H and O–H groups in total. The minimum absolute atomic E-state index is 0.246. The van der Waals surface area contributed by atoms with Crippen molar-refractivity contribution in [2.24, 2.45) is 0 Å². The highest BCUT2D eigenvalue weighted by molar-refractivity contribution is 7.89. The summed E-state index contributed by atoms with van der Waals surface area (Å²) in [6.07, 6.45) is -5.40. The van der Waals surface area contributed by atoms with Crippen LogP contribution in [0.4, 0.5) is 13.2 Å². The van der Waals surface area contributed by atoms with Gasteiger partial charge in [0.05, 0.1) is 17.4 Å². The Morgan fingerprint density at radius 3 is 2.00 bits per heavy atom. The Balaban J connectivity index is 2.26. The first-order chi connectivity index (χ1) is 13.4. The number of rotatable bonds is 8. The summed E-state index contributed by atoms with van der Waals surface area (Å²) in [6, 6.07) is 9.43. The van der Waals surface area contributed by atoms with E-state index in [9.17, 15) is 26.4 Å². The number of ether oxygens (including phenoxy) is 1. The maximum absolute atomic E-state index is 12.6. The highest BCUT2D eigenvalue weighted by Crippen LogP contribution is 2.26. The van der Waals surface area contributed by atoms with Crippen molar-refractivity contribution >= 4 is 16.0 Å². The summed E-state index contributed by atoms with van der Waals surface area (Å²) in [7, 11) is -4.19. The first-order valence-electron chi connectivity index (χ1n) is 8.57. The normalized spacial score (nSPS) is 13.3. The maximum atomic E-state index is 12.6. The minimum atomic E-state index is -4.90. The molecule has 2 aromatic rings. The molecule has 2 rings (SSSR count). The molecule has 0 amide bonds. The summed E-state index contributed by atoms with van der Waals surface area (Å²) in [4.78, 5) is 10.9. The molecule has 0 heterocycles. The summed E-state index contributed by atoms with van der Waals surface area (Å²) in [5, 5.41) is 9.14. The predicted molar refractivity (Wildman–Crippen MR) is 99.0 cm³/mol. The molecule has 0 spiro atoms. The van der Waals surface area contributed by atoms with Crippen molar-refractivity contribution in [3.63, 3.8) is 0 Å². The number of nitrogens with one attached hydrogen (secondary N) is 1. The van der Waals surface area contributed by atoms with Crippen LogP contribution in [0.2, 0.25) is 0 Å². The smallest absolute Gasteiger partial charge is 0.481 e. The van der Waals surface area contributed by atoms with Gasteiger partial charge in [-0.05, 0) is 41.3 Å². The molecule has 0 saturated carbocycles. The monoisotopic (exact) mass is 431 g/mol. The molecule has 0 radical (unpaired) electrons. The number of carbonyl (C=O) groups is 1. The van der Waals surface area contributed by atoms with Gasteiger partial charge in [0, 0.05) is 0 Å². The van der Waals surface area contributed by atoms with Crippen molar-refractivity contribution in [1.82, 2.24) is 4.72 Å². The number of hydrogen-bond donors (Lipinski definition) is 2. The largest absolute Gasteiger partial charge is 0.573 e. The molecule has 1 unspecified atom stereocenters. The third kappa shape index (κ3) is 6.75. The summed E-state index contributed by atoms with van der Waals surface area (Å²) in [5.74, 6) is -1.53. The van der Waals surface area contributed by atoms with Crippen molar-refractivity contribution < 1.29 is 36.2 Å². The van der Waals surface area contributed by atoms with Gasteiger partial charge in [0.2, 0.25) is 10.0 Å². The van der Waals surface area contributed by atoms with Gasteiger partial charge in [-0.25, -0.2) is 13.1 Å². The Labute approximate surface area is 166 Å². The molecule has 158 valence electrons. The highest BCUT2D eigenvalue weighted by atomic mass is 32.2. The van der Waals surface area contributed by atoms with Crippen molar-refractivity contribution in [2.75, 3.05) is 0 Å². The summed E-state index contributed by atoms with van der Waals surface area (Å²) in [6.45, 7) is 3.97. The lowest BCUT2D eigenvalue weighted by molar-refractivity contribution is -0.274. The van der Waals surface area contributed by atoms with E-state index in [0.29, 0.717) is 5.56 Å². The van der Waals surface area contributed by atoms with Crippen molar-refractivity contribution in [1.29, 1.82) is 0 Å². The fraction of sp³-hybridized carbons (Fsp3) is 0.316. The molecule has 0 aromatic heterocycles. The quantitative estimate of drug-likeness (QED) is 0.654. The van der Waals surface area contributed by atoms with Gasteiger partial charge in [-0.1, -0.05) is 38.1 Å². The number of alkyl halides is 3. The second kappa shape index (κ2) is 8.83. The van der Waals surface area contributed by atoms with E-state index in [1.54, 1.807) is 24.3 Å². The fourth-order valence-corrected chi connectivity index (χ4v) is 3.82. The molecule has 0 aliphatic heterocycles. The number of hydrogen-bond acceptors (Lipinski definition) is 4. The van der Waals surface area contributed by atoms with Gasteiger partial charge in [-0.15, -0.1) is 13.2 Å². The molecule has 0 aliphatic carbocycles. The molecule has 0 saturated heterocycles. The number of benzene rings is 2. The molecule has 2 aromatic carbocycles. The van der Waals surface area contributed by atoms with E-state index < -0.39 is 40.6 Å². The van der Waals surface area contributed by atoms with Gasteiger partial charge in [0.1, 0.15) is 5.75 Å². The van der Waals surface area contributed by atoms with Crippen LogP contribution in [0.15, 0.2) is 53.4 Å². The average Bonchev–Trinajstić information content (AvgIpc) is 2.59. The summed E-state index contributed by atoms with van der Waals surface area (Å²) >= 11 is 0. The van der Waals surface area contributed by atoms with Crippen LogP contribution in [0, 0.1) is 0 Å². The summed E-state index contributed by atoms with van der Waals surface area (Å²) in [5.41, 5.74) is 1.46. The van der Waals surface area contributed by atoms with E-state index >= 15 is 0 Å². The Bertz CT molecular complexity index is 939. The van der Waals surface area contributed by atoms with Gasteiger partial charge in [-0.2, -0.15) is 0 Å². The van der Waals surface area contributed by atoms with Crippen LogP contribution < -0.4 is 9.46 Å². The number of carboxylic acid groups (broad SMARTS) is 1. The standard InChI is InChI=1S/C19H20F3NO5S/c1-12(2)13-3-5-14(6-4-13)17(11-18(24)25)23-29(26,27)16-9-7-15(8-10-16)28-19(20,21)22/h3-10,12,17,23H,11H2,1-2H3,(H,24,25). The lowest BCUT2D eigenvalue weighted by Gasteiger charge is -2.19. The molecule has 6 nitrogen and oxygen atoms in total. The van der Waals surface area contributed by atoms with E-state index in [1.165, 1.54) is 0 Å². The molecule has 1 atom stereocenters. The van der Waals surface area contributed by atoms with Crippen LogP contribution in [0.1, 0.15) is 43.4 Å². The zero-order valence-electron chi connectivity index (χ0n) is 15.6. The van der Waals surface area contributed by atoms with Crippen LogP contribution >= 0.6 is 0 Å². The van der Waals surface area contributed by atoms with Crippen molar-refractivity contribution in [2.45, 2.75) is 43.5 Å². The molecule has 29 heavy (non-hydrogen) atoms. The lowest BCUT2D eigenvalue weighted by atomic mass is 9.98. The van der Waals surface area contributed by atoms with E-state index in [-0.39, 0.29) is 10.8 Å². The van der Waals surface area contributed by atoms with E-state index in [4.69, 9.17) is 5.11 Å². The summed E-state index contributed by atoms with van der Waals surface area (Å²) < 4.78 is 67.9. The van der Waals surface area contributed by atoms with Gasteiger partial charge in [0.15, 0.2) is 0 Å². The van der Waals surface area contributed by atoms with Crippen LogP contribution in [-0.2, 0) is 14.8 Å². The SMILES string of the molecule is CC(C)c1ccc(C(CC(=O)O)NS(=O)(=O)c2ccc(OC(F)(F)F)cc2)cc1. The third-order valence-electron chi connectivity index (χ3n) is 4.05. The zero-order chi connectivity index (χ0) is 21.8. The first-order valence-corrected chi connectivity index (χ1v) is 10.1. The second-order valence-electron chi connectivity index (χ2n) is 6.61. The van der Waals surface area contributed by atoms with E-state index in [1.807, 2.05) is 13.8 Å². The van der Waals surface area contributed by atoms with Gasteiger partial charge in [0.25, 0.3) is 0 Å². The van der Waals surface area contributed by atoms with Crippen LogP contribution in [0.5, 0.6) is 5.75 Å². The predicted octanol–water partition coefficient (Wildman–Crippen LogP) is 4.20. The molecule has 0 bridgehead atoms. The van der Waals surface area contributed by atoms with Crippen LogP contribution in [0.3, 0.4) is 0 Å². The molecular weight excluding hydrogens is 411 g/mol. The fourth-order valence-electron chi connectivity index (χ4n) is 2.59. The molecule has 10 heteroatoms. The second-order valence-corrected chi connectivity index (χ2v) is 8.33.